The summed E-state index contributed by atoms with van der Waals surface area (Å²) in [4.78, 5) is 12.2. The molecule has 0 saturated carbocycles. The van der Waals surface area contributed by atoms with Crippen molar-refractivity contribution in [1.29, 1.82) is 0 Å². The lowest BCUT2D eigenvalue weighted by Gasteiger charge is -2.53. The Labute approximate surface area is 162 Å². The summed E-state index contributed by atoms with van der Waals surface area (Å²) in [5.41, 5.74) is 6.48. The molecule has 4 aliphatic rings. The zero-order valence-corrected chi connectivity index (χ0v) is 16.6. The van der Waals surface area contributed by atoms with E-state index in [4.69, 9.17) is 0 Å². The minimum absolute atomic E-state index is 0.0365. The number of benzene rings is 1. The molecule has 1 aliphatic carbocycles. The van der Waals surface area contributed by atoms with Gasteiger partial charge in [0.15, 0.2) is 0 Å². The Bertz CT molecular complexity index is 854. The van der Waals surface area contributed by atoms with Gasteiger partial charge < -0.3 is 9.80 Å². The van der Waals surface area contributed by atoms with Gasteiger partial charge in [0.1, 0.15) is 18.9 Å². The number of nitrogens with one attached hydrogen (secondary N) is 1. The van der Waals surface area contributed by atoms with Crippen LogP contribution in [0.4, 0.5) is 5.69 Å². The molecule has 3 aliphatic heterocycles. The maximum absolute atomic E-state index is 12.2. The molecule has 3 heterocycles. The van der Waals surface area contributed by atoms with Crippen LogP contribution in [0.5, 0.6) is 0 Å². The third kappa shape index (κ3) is 2.09. The fraction of sp³-hybridized carbons (Fsp3) is 0.542. The van der Waals surface area contributed by atoms with Crippen LogP contribution in [-0.4, -0.2) is 36.4 Å². The van der Waals surface area contributed by atoms with Crippen molar-refractivity contribution >= 4 is 12.0 Å². The number of aldehydes is 1. The second-order valence-corrected chi connectivity index (χ2v) is 9.04. The predicted molar refractivity (Wildman–Crippen MR) is 109 cm³/mol. The highest BCUT2D eigenvalue weighted by Gasteiger charge is 2.68. The average molecular weight is 364 g/mol. The van der Waals surface area contributed by atoms with Gasteiger partial charge in [-0.05, 0) is 37.0 Å². The zero-order valence-electron chi connectivity index (χ0n) is 16.6. The van der Waals surface area contributed by atoms with Gasteiger partial charge >= 0.3 is 0 Å². The number of carbonyl (C=O) groups is 1. The van der Waals surface area contributed by atoms with Crippen LogP contribution in [0, 0.1) is 5.92 Å². The highest BCUT2D eigenvalue weighted by Crippen LogP contribution is 2.63. The van der Waals surface area contributed by atoms with Gasteiger partial charge in [0, 0.05) is 35.7 Å². The van der Waals surface area contributed by atoms with Crippen LogP contribution < -0.4 is 5.32 Å². The topological polar surface area (TPSA) is 29.1 Å². The Morgan fingerprint density at radius 3 is 2.93 bits per heavy atom. The summed E-state index contributed by atoms with van der Waals surface area (Å²) in [5, 5.41) is 3.72. The number of fused-ring (bicyclic) bond motifs is 2. The van der Waals surface area contributed by atoms with Crippen molar-refractivity contribution in [2.75, 3.05) is 25.0 Å². The van der Waals surface area contributed by atoms with Crippen molar-refractivity contribution in [1.82, 2.24) is 0 Å². The van der Waals surface area contributed by atoms with E-state index < -0.39 is 0 Å². The molecule has 2 saturated heterocycles. The van der Waals surface area contributed by atoms with Crippen LogP contribution in [0.2, 0.25) is 0 Å². The summed E-state index contributed by atoms with van der Waals surface area (Å²) in [6, 6.07) is 9.41. The lowest BCUT2D eigenvalue weighted by Crippen LogP contribution is -2.63. The first-order valence-electron chi connectivity index (χ1n) is 10.8. The standard InChI is InChI=1S/C24H30N2O/c1-3-5-8-12-26-13-11-24-20-9-6-7-10-21(20)25-23(24)19(16-27)18(14-22(24)26)17(4-2)15-26/h4,6-7,9-10,16,18,22H,3,5,8,11-15H2,1-2H3/p+1. The maximum Gasteiger partial charge on any atom is 0.148 e. The van der Waals surface area contributed by atoms with Gasteiger partial charge in [-0.1, -0.05) is 37.6 Å². The molecule has 3 nitrogen and oxygen atoms in total. The molecule has 0 radical (unpaired) electrons. The lowest BCUT2D eigenvalue weighted by molar-refractivity contribution is -0.941. The van der Waals surface area contributed by atoms with Crippen molar-refractivity contribution in [3.63, 3.8) is 0 Å². The summed E-state index contributed by atoms with van der Waals surface area (Å²) in [7, 11) is 0. The molecule has 4 atom stereocenters. The monoisotopic (exact) mass is 363 g/mol. The Kier molecular flexibility index (Phi) is 3.87. The molecule has 0 amide bonds. The number of carbonyl (C=O) groups excluding carboxylic acids is 1. The van der Waals surface area contributed by atoms with Crippen molar-refractivity contribution in [3.05, 3.63) is 52.7 Å². The van der Waals surface area contributed by atoms with Crippen LogP contribution in [0.25, 0.3) is 0 Å². The van der Waals surface area contributed by atoms with E-state index >= 15 is 0 Å². The highest BCUT2D eigenvalue weighted by molar-refractivity contribution is 5.84. The SMILES string of the molecule is CC=C1C[N+]2(CCCCC)CCC34C(=C(C=O)C1CC32)Nc1ccccc14. The number of hydrogen-bond acceptors (Lipinski definition) is 2. The molecule has 1 aromatic rings. The number of para-hydroxylation sites is 1. The van der Waals surface area contributed by atoms with Gasteiger partial charge in [-0.3, -0.25) is 4.79 Å². The quantitative estimate of drug-likeness (QED) is 0.360. The normalized spacial score (nSPS) is 37.2. The Hall–Kier alpha value is -1.87. The fourth-order valence-electron chi connectivity index (χ4n) is 6.91. The molecular weight excluding hydrogens is 332 g/mol. The largest absolute Gasteiger partial charge is 0.357 e. The fourth-order valence-corrected chi connectivity index (χ4v) is 6.91. The maximum atomic E-state index is 12.2. The number of quaternary nitrogens is 1. The number of piperidine rings is 1. The summed E-state index contributed by atoms with van der Waals surface area (Å²) >= 11 is 0. The summed E-state index contributed by atoms with van der Waals surface area (Å²) in [5.74, 6) is 0.318. The van der Waals surface area contributed by atoms with Crippen LogP contribution >= 0.6 is 0 Å². The molecule has 5 rings (SSSR count). The molecule has 142 valence electrons. The molecule has 1 aromatic carbocycles. The van der Waals surface area contributed by atoms with Crippen molar-refractivity contribution in [3.8, 4) is 0 Å². The predicted octanol–water partition coefficient (Wildman–Crippen LogP) is 4.56. The van der Waals surface area contributed by atoms with E-state index in [1.165, 1.54) is 65.8 Å². The van der Waals surface area contributed by atoms with E-state index in [9.17, 15) is 4.79 Å². The number of anilines is 1. The van der Waals surface area contributed by atoms with Gasteiger partial charge in [-0.2, -0.15) is 0 Å². The Morgan fingerprint density at radius 1 is 1.30 bits per heavy atom. The van der Waals surface area contributed by atoms with E-state index in [2.05, 4.69) is 49.5 Å². The molecule has 2 bridgehead atoms. The molecule has 3 heteroatoms. The van der Waals surface area contributed by atoms with E-state index in [0.29, 0.717) is 12.0 Å². The highest BCUT2D eigenvalue weighted by atomic mass is 16.1. The van der Waals surface area contributed by atoms with Gasteiger partial charge in [0.2, 0.25) is 0 Å². The lowest BCUT2D eigenvalue weighted by atomic mass is 9.61. The van der Waals surface area contributed by atoms with E-state index in [0.717, 1.165) is 24.8 Å². The summed E-state index contributed by atoms with van der Waals surface area (Å²) in [6.07, 6.45) is 9.70. The third-order valence-corrected chi connectivity index (χ3v) is 8.07. The van der Waals surface area contributed by atoms with Crippen molar-refractivity contribution in [2.45, 2.75) is 57.4 Å². The first-order chi connectivity index (χ1) is 13.2. The third-order valence-electron chi connectivity index (χ3n) is 8.07. The molecule has 4 unspecified atom stereocenters. The molecule has 1 N–H and O–H groups in total. The zero-order chi connectivity index (χ0) is 18.6. The number of nitrogens with zero attached hydrogens (tertiary/aromatic N) is 1. The Balaban J connectivity index is 1.71. The number of hydrogen-bond donors (Lipinski definition) is 1. The summed E-state index contributed by atoms with van der Waals surface area (Å²) in [6.45, 7) is 8.13. The van der Waals surface area contributed by atoms with Crippen LogP contribution in [0.1, 0.15) is 51.5 Å². The minimum atomic E-state index is 0.0365. The first kappa shape index (κ1) is 17.2. The van der Waals surface area contributed by atoms with E-state index in [1.807, 2.05) is 0 Å². The molecular formula is C24H31N2O+. The molecule has 2 fully saturated rings. The number of rotatable bonds is 5. The second-order valence-electron chi connectivity index (χ2n) is 9.04. The van der Waals surface area contributed by atoms with Crippen LogP contribution in [-0.2, 0) is 10.2 Å². The minimum Gasteiger partial charge on any atom is -0.357 e. The van der Waals surface area contributed by atoms with Gasteiger partial charge in [0.05, 0.1) is 18.5 Å². The van der Waals surface area contributed by atoms with E-state index in [1.54, 1.807) is 0 Å². The van der Waals surface area contributed by atoms with Gasteiger partial charge in [-0.15, -0.1) is 0 Å². The number of allylic oxidation sites excluding steroid dienone is 2. The van der Waals surface area contributed by atoms with Crippen LogP contribution in [0.3, 0.4) is 0 Å². The Morgan fingerprint density at radius 2 is 2.15 bits per heavy atom. The van der Waals surface area contributed by atoms with E-state index in [-0.39, 0.29) is 5.41 Å². The van der Waals surface area contributed by atoms with Crippen LogP contribution in [0.15, 0.2) is 47.2 Å². The average Bonchev–Trinajstić information content (AvgIpc) is 3.22. The number of unbranched alkanes of at least 4 members (excludes halogenated alkanes) is 2. The second kappa shape index (κ2) is 6.07. The summed E-state index contributed by atoms with van der Waals surface area (Å²) < 4.78 is 1.24. The van der Waals surface area contributed by atoms with Gasteiger partial charge in [0.25, 0.3) is 0 Å². The first-order valence-corrected chi connectivity index (χ1v) is 10.8. The molecule has 0 aromatic heterocycles. The van der Waals surface area contributed by atoms with Gasteiger partial charge in [-0.25, -0.2) is 0 Å². The van der Waals surface area contributed by atoms with Crippen molar-refractivity contribution in [2.24, 2.45) is 5.92 Å². The molecule has 1 spiro atoms. The molecule has 27 heavy (non-hydrogen) atoms. The smallest absolute Gasteiger partial charge is 0.148 e. The van der Waals surface area contributed by atoms with Crippen molar-refractivity contribution < 1.29 is 9.28 Å².